The topological polar surface area (TPSA) is 90.4 Å². The number of hydrogen-bond donors (Lipinski definition) is 3. The number of hydrogen-bond acceptors (Lipinski definition) is 4. The van der Waals surface area contributed by atoms with E-state index in [1.54, 1.807) is 0 Å². The first-order valence-corrected chi connectivity index (χ1v) is 6.36. The number of benzene rings is 1. The fourth-order valence-corrected chi connectivity index (χ4v) is 1.62. The molecule has 0 aliphatic carbocycles. The van der Waals surface area contributed by atoms with Crippen molar-refractivity contribution in [2.45, 2.75) is 39.3 Å². The number of ether oxygens (including phenoxy) is 1. The van der Waals surface area contributed by atoms with Gasteiger partial charge in [0.2, 0.25) is 0 Å². The van der Waals surface area contributed by atoms with E-state index in [2.05, 4.69) is 5.32 Å². The summed E-state index contributed by atoms with van der Waals surface area (Å²) in [5.41, 5.74) is 13.7. The standard InChI is InChI=1S/C14H23N3O2/c1-14(2,3)19-13(18)17-7-6-11-8-10(9-15)4-5-12(11)16/h4-5,8H,6-7,9,15-16H2,1-3H3,(H,17,18). The summed E-state index contributed by atoms with van der Waals surface area (Å²) in [6, 6.07) is 5.71. The molecule has 0 aliphatic rings. The minimum absolute atomic E-state index is 0.416. The zero-order valence-electron chi connectivity index (χ0n) is 11.8. The van der Waals surface area contributed by atoms with E-state index in [9.17, 15) is 4.79 Å². The molecule has 1 amide bonds. The van der Waals surface area contributed by atoms with Crippen molar-refractivity contribution in [3.63, 3.8) is 0 Å². The average Bonchev–Trinajstić information content (AvgIpc) is 2.29. The number of nitrogens with one attached hydrogen (secondary N) is 1. The minimum atomic E-state index is -0.484. The molecule has 0 aliphatic heterocycles. The Bertz CT molecular complexity index is 439. The maximum Gasteiger partial charge on any atom is 0.407 e. The predicted octanol–water partition coefficient (Wildman–Crippen LogP) is 1.79. The van der Waals surface area contributed by atoms with Gasteiger partial charge in [-0.2, -0.15) is 0 Å². The maximum absolute atomic E-state index is 11.5. The van der Waals surface area contributed by atoms with Crippen LogP contribution >= 0.6 is 0 Å². The van der Waals surface area contributed by atoms with Gasteiger partial charge in [-0.25, -0.2) is 4.79 Å². The maximum atomic E-state index is 11.5. The Kier molecular flexibility index (Phi) is 5.18. The molecular weight excluding hydrogens is 242 g/mol. The van der Waals surface area contributed by atoms with Gasteiger partial charge in [0.15, 0.2) is 0 Å². The van der Waals surface area contributed by atoms with E-state index in [-0.39, 0.29) is 0 Å². The molecule has 0 saturated heterocycles. The number of amides is 1. The van der Waals surface area contributed by atoms with Crippen LogP contribution in [0.5, 0.6) is 0 Å². The third kappa shape index (κ3) is 5.61. The van der Waals surface area contributed by atoms with Crippen LogP contribution in [0.4, 0.5) is 10.5 Å². The van der Waals surface area contributed by atoms with Crippen molar-refractivity contribution in [1.82, 2.24) is 5.32 Å². The van der Waals surface area contributed by atoms with Gasteiger partial charge >= 0.3 is 6.09 Å². The van der Waals surface area contributed by atoms with Crippen LogP contribution in [0.3, 0.4) is 0 Å². The largest absolute Gasteiger partial charge is 0.444 e. The van der Waals surface area contributed by atoms with Gasteiger partial charge in [-0.3, -0.25) is 0 Å². The molecule has 0 saturated carbocycles. The predicted molar refractivity (Wildman–Crippen MR) is 76.7 cm³/mol. The number of anilines is 1. The molecule has 0 fully saturated rings. The second-order valence-corrected chi connectivity index (χ2v) is 5.42. The molecule has 19 heavy (non-hydrogen) atoms. The Labute approximate surface area is 114 Å². The molecule has 1 rings (SSSR count). The van der Waals surface area contributed by atoms with Crippen molar-refractivity contribution in [2.75, 3.05) is 12.3 Å². The van der Waals surface area contributed by atoms with Gasteiger partial charge in [-0.15, -0.1) is 0 Å². The van der Waals surface area contributed by atoms with Crippen molar-refractivity contribution < 1.29 is 9.53 Å². The summed E-state index contributed by atoms with van der Waals surface area (Å²) in [7, 11) is 0. The molecule has 0 aromatic heterocycles. The zero-order chi connectivity index (χ0) is 14.5. The Morgan fingerprint density at radius 1 is 1.37 bits per heavy atom. The van der Waals surface area contributed by atoms with E-state index in [0.717, 1.165) is 11.1 Å². The Balaban J connectivity index is 2.47. The van der Waals surface area contributed by atoms with E-state index >= 15 is 0 Å². The Hall–Kier alpha value is -1.75. The minimum Gasteiger partial charge on any atom is -0.444 e. The highest BCUT2D eigenvalue weighted by molar-refractivity contribution is 5.67. The molecule has 0 radical (unpaired) electrons. The lowest BCUT2D eigenvalue weighted by Crippen LogP contribution is -2.33. The third-order valence-electron chi connectivity index (χ3n) is 2.51. The molecule has 5 N–H and O–H groups in total. The molecule has 0 heterocycles. The smallest absolute Gasteiger partial charge is 0.407 e. The number of nitrogen functional groups attached to an aromatic ring is 1. The second-order valence-electron chi connectivity index (χ2n) is 5.42. The first-order chi connectivity index (χ1) is 8.81. The molecule has 1 aromatic rings. The fourth-order valence-electron chi connectivity index (χ4n) is 1.62. The quantitative estimate of drug-likeness (QED) is 0.724. The SMILES string of the molecule is CC(C)(C)OC(=O)NCCc1cc(CN)ccc1N. The van der Waals surface area contributed by atoms with Crippen LogP contribution in [-0.4, -0.2) is 18.2 Å². The highest BCUT2D eigenvalue weighted by Crippen LogP contribution is 2.14. The van der Waals surface area contributed by atoms with Gasteiger partial charge in [-0.05, 0) is 44.4 Å². The summed E-state index contributed by atoms with van der Waals surface area (Å²) in [5, 5.41) is 2.70. The van der Waals surface area contributed by atoms with Crippen LogP contribution in [0.25, 0.3) is 0 Å². The van der Waals surface area contributed by atoms with Gasteiger partial charge in [0, 0.05) is 18.8 Å². The van der Waals surface area contributed by atoms with Gasteiger partial charge in [-0.1, -0.05) is 12.1 Å². The summed E-state index contributed by atoms with van der Waals surface area (Å²) in [6.07, 6.45) is 0.236. The van der Waals surface area contributed by atoms with Gasteiger partial charge < -0.3 is 21.5 Å². The first-order valence-electron chi connectivity index (χ1n) is 6.36. The van der Waals surface area contributed by atoms with Crippen LogP contribution < -0.4 is 16.8 Å². The molecule has 0 atom stereocenters. The molecule has 5 heteroatoms. The van der Waals surface area contributed by atoms with Crippen molar-refractivity contribution in [3.8, 4) is 0 Å². The van der Waals surface area contributed by atoms with Crippen molar-refractivity contribution >= 4 is 11.8 Å². The van der Waals surface area contributed by atoms with E-state index in [0.29, 0.717) is 25.2 Å². The normalized spacial score (nSPS) is 11.2. The first kappa shape index (κ1) is 15.3. The lowest BCUT2D eigenvalue weighted by atomic mass is 10.1. The summed E-state index contributed by atoms with van der Waals surface area (Å²) in [6.45, 7) is 6.44. The van der Waals surface area contributed by atoms with Gasteiger partial charge in [0.1, 0.15) is 5.60 Å². The van der Waals surface area contributed by atoms with Crippen LogP contribution in [-0.2, 0) is 17.7 Å². The van der Waals surface area contributed by atoms with Gasteiger partial charge in [0.05, 0.1) is 0 Å². The van der Waals surface area contributed by atoms with Crippen molar-refractivity contribution in [1.29, 1.82) is 0 Å². The lowest BCUT2D eigenvalue weighted by Gasteiger charge is -2.19. The van der Waals surface area contributed by atoms with Crippen LogP contribution in [0.1, 0.15) is 31.9 Å². The zero-order valence-corrected chi connectivity index (χ0v) is 11.8. The monoisotopic (exact) mass is 265 g/mol. The highest BCUT2D eigenvalue weighted by Gasteiger charge is 2.15. The van der Waals surface area contributed by atoms with Crippen molar-refractivity contribution in [2.24, 2.45) is 5.73 Å². The van der Waals surface area contributed by atoms with Crippen molar-refractivity contribution in [3.05, 3.63) is 29.3 Å². The lowest BCUT2D eigenvalue weighted by molar-refractivity contribution is 0.0528. The van der Waals surface area contributed by atoms with E-state index in [1.165, 1.54) is 0 Å². The number of carbonyl (C=O) groups is 1. The van der Waals surface area contributed by atoms with E-state index in [4.69, 9.17) is 16.2 Å². The molecule has 106 valence electrons. The molecule has 1 aromatic carbocycles. The summed E-state index contributed by atoms with van der Waals surface area (Å²) in [5.74, 6) is 0. The Morgan fingerprint density at radius 2 is 2.05 bits per heavy atom. The summed E-state index contributed by atoms with van der Waals surface area (Å²) < 4.78 is 5.15. The number of alkyl carbamates (subject to hydrolysis) is 1. The molecule has 0 bridgehead atoms. The van der Waals surface area contributed by atoms with Gasteiger partial charge in [0.25, 0.3) is 0 Å². The average molecular weight is 265 g/mol. The number of carbonyl (C=O) groups excluding carboxylic acids is 1. The highest BCUT2D eigenvalue weighted by atomic mass is 16.6. The fraction of sp³-hybridized carbons (Fsp3) is 0.500. The molecular formula is C14H23N3O2. The molecule has 5 nitrogen and oxygen atoms in total. The molecule has 0 spiro atoms. The second kappa shape index (κ2) is 6.43. The Morgan fingerprint density at radius 3 is 2.63 bits per heavy atom. The van der Waals surface area contributed by atoms with E-state index in [1.807, 2.05) is 39.0 Å². The van der Waals surface area contributed by atoms with Crippen LogP contribution in [0.2, 0.25) is 0 Å². The molecule has 0 unspecified atom stereocenters. The summed E-state index contributed by atoms with van der Waals surface area (Å²) in [4.78, 5) is 11.5. The van der Waals surface area contributed by atoms with Crippen LogP contribution in [0.15, 0.2) is 18.2 Å². The number of rotatable bonds is 4. The van der Waals surface area contributed by atoms with E-state index < -0.39 is 11.7 Å². The number of nitrogens with two attached hydrogens (primary N) is 2. The summed E-state index contributed by atoms with van der Waals surface area (Å²) >= 11 is 0. The third-order valence-corrected chi connectivity index (χ3v) is 2.51. The van der Waals surface area contributed by atoms with Crippen LogP contribution in [0, 0.1) is 0 Å².